The van der Waals surface area contributed by atoms with E-state index in [1.165, 1.54) is 11.8 Å². The Kier molecular flexibility index (Phi) is 10.3. The molecule has 2 fully saturated rings. The first-order valence-electron chi connectivity index (χ1n) is 10.5. The lowest BCUT2D eigenvalue weighted by atomic mass is 9.99. The monoisotopic (exact) mass is 570 g/mol. The fourth-order valence-electron chi connectivity index (χ4n) is 4.00. The molecule has 0 aromatic carbocycles. The highest BCUT2D eigenvalue weighted by atomic mass is 127. The summed E-state index contributed by atoms with van der Waals surface area (Å²) in [5.41, 5.74) is 1.39. The summed E-state index contributed by atoms with van der Waals surface area (Å²) < 4.78 is 29.5. The number of halogens is 1. The minimum absolute atomic E-state index is 0. The molecule has 0 atom stereocenters. The van der Waals surface area contributed by atoms with Gasteiger partial charge in [-0.1, -0.05) is 0 Å². The molecule has 10 heteroatoms. The van der Waals surface area contributed by atoms with Crippen molar-refractivity contribution in [3.63, 3.8) is 0 Å². The molecular formula is C20H35IN4O3S2. The first-order valence-corrected chi connectivity index (χ1v) is 13.3. The van der Waals surface area contributed by atoms with Crippen LogP contribution in [0, 0.1) is 0 Å². The largest absolute Gasteiger partial charge is 0.381 e. The van der Waals surface area contributed by atoms with Gasteiger partial charge in [-0.15, -0.1) is 24.0 Å². The van der Waals surface area contributed by atoms with Crippen molar-refractivity contribution in [2.45, 2.75) is 49.9 Å². The zero-order chi connectivity index (χ0) is 20.7. The highest BCUT2D eigenvalue weighted by Gasteiger charge is 2.42. The summed E-state index contributed by atoms with van der Waals surface area (Å²) in [6, 6.07) is 2.55. The van der Waals surface area contributed by atoms with Crippen LogP contribution in [0.3, 0.4) is 0 Å². The number of hydrogen-bond acceptors (Lipinski definition) is 6. The minimum atomic E-state index is -3.21. The third-order valence-corrected chi connectivity index (χ3v) is 8.82. The summed E-state index contributed by atoms with van der Waals surface area (Å²) in [7, 11) is -3.21. The molecule has 1 aromatic heterocycles. The lowest BCUT2D eigenvalue weighted by Gasteiger charge is -2.35. The van der Waals surface area contributed by atoms with Crippen LogP contribution < -0.4 is 10.6 Å². The smallest absolute Gasteiger partial charge is 0.191 e. The second kappa shape index (κ2) is 12.0. The van der Waals surface area contributed by atoms with Crippen molar-refractivity contribution in [3.05, 3.63) is 22.4 Å². The van der Waals surface area contributed by atoms with Gasteiger partial charge in [-0.05, 0) is 55.0 Å². The molecule has 7 nitrogen and oxygen atoms in total. The van der Waals surface area contributed by atoms with Crippen molar-refractivity contribution in [1.82, 2.24) is 15.5 Å². The first kappa shape index (κ1) is 25.8. The van der Waals surface area contributed by atoms with E-state index in [0.717, 1.165) is 45.0 Å². The predicted octanol–water partition coefficient (Wildman–Crippen LogP) is 2.48. The fourth-order valence-corrected chi connectivity index (χ4v) is 5.87. The molecule has 1 aromatic rings. The van der Waals surface area contributed by atoms with Gasteiger partial charge in [0.2, 0.25) is 0 Å². The van der Waals surface area contributed by atoms with Gasteiger partial charge in [-0.3, -0.25) is 9.89 Å². The van der Waals surface area contributed by atoms with Gasteiger partial charge in [0, 0.05) is 51.7 Å². The molecule has 0 unspecified atom stereocenters. The van der Waals surface area contributed by atoms with E-state index in [9.17, 15) is 8.42 Å². The van der Waals surface area contributed by atoms with Crippen molar-refractivity contribution in [2.24, 2.45) is 4.99 Å². The van der Waals surface area contributed by atoms with Crippen LogP contribution in [0.5, 0.6) is 0 Å². The Morgan fingerprint density at radius 2 is 2.03 bits per heavy atom. The molecule has 2 saturated heterocycles. The van der Waals surface area contributed by atoms with Crippen LogP contribution in [0.15, 0.2) is 21.8 Å². The van der Waals surface area contributed by atoms with Crippen molar-refractivity contribution < 1.29 is 13.2 Å². The molecular weight excluding hydrogens is 535 g/mol. The zero-order valence-corrected chi connectivity index (χ0v) is 21.9. The van der Waals surface area contributed by atoms with E-state index in [1.807, 2.05) is 6.92 Å². The molecule has 172 valence electrons. The van der Waals surface area contributed by atoms with Gasteiger partial charge in [-0.25, -0.2) is 8.42 Å². The molecule has 0 bridgehead atoms. The Bertz CT molecular complexity index is 757. The maximum Gasteiger partial charge on any atom is 0.191 e. The van der Waals surface area contributed by atoms with E-state index < -0.39 is 14.6 Å². The fraction of sp³-hybridized carbons (Fsp3) is 0.750. The topological polar surface area (TPSA) is 83.0 Å². The predicted molar refractivity (Wildman–Crippen MR) is 135 cm³/mol. The van der Waals surface area contributed by atoms with E-state index in [-0.39, 0.29) is 30.5 Å². The molecule has 0 saturated carbocycles. The molecule has 3 heterocycles. The van der Waals surface area contributed by atoms with Crippen molar-refractivity contribution in [1.29, 1.82) is 0 Å². The van der Waals surface area contributed by atoms with Crippen molar-refractivity contribution in [2.75, 3.05) is 45.6 Å². The number of nitrogens with one attached hydrogen (secondary N) is 2. The molecule has 0 spiro atoms. The highest BCUT2D eigenvalue weighted by Crippen LogP contribution is 2.29. The number of thiophene rings is 1. The molecule has 3 rings (SSSR count). The van der Waals surface area contributed by atoms with Crippen LogP contribution >= 0.6 is 35.3 Å². The summed E-state index contributed by atoms with van der Waals surface area (Å²) in [6.45, 7) is 7.14. The van der Waals surface area contributed by atoms with E-state index in [1.54, 1.807) is 11.3 Å². The molecule has 0 radical (unpaired) electrons. The first-order chi connectivity index (χ1) is 13.9. The Morgan fingerprint density at radius 1 is 1.33 bits per heavy atom. The van der Waals surface area contributed by atoms with Crippen LogP contribution in [0.2, 0.25) is 0 Å². The van der Waals surface area contributed by atoms with Gasteiger partial charge in [-0.2, -0.15) is 11.3 Å². The van der Waals surface area contributed by atoms with Gasteiger partial charge in [0.15, 0.2) is 15.8 Å². The lowest BCUT2D eigenvalue weighted by Crippen LogP contribution is -2.50. The highest BCUT2D eigenvalue weighted by molar-refractivity contribution is 14.0. The summed E-state index contributed by atoms with van der Waals surface area (Å²) >= 11 is 1.75. The minimum Gasteiger partial charge on any atom is -0.381 e. The number of ether oxygens (including phenoxy) is 1. The normalized spacial score (nSPS) is 21.1. The van der Waals surface area contributed by atoms with Gasteiger partial charge in [0.05, 0.1) is 11.3 Å². The van der Waals surface area contributed by atoms with Crippen LogP contribution in [0.1, 0.15) is 38.2 Å². The number of likely N-dealkylation sites (tertiary alicyclic amines) is 1. The Labute approximate surface area is 202 Å². The Balaban J connectivity index is 0.00000320. The number of piperidine rings is 1. The molecule has 2 aliphatic rings. The average molecular weight is 571 g/mol. The van der Waals surface area contributed by atoms with Gasteiger partial charge >= 0.3 is 0 Å². The van der Waals surface area contributed by atoms with Gasteiger partial charge < -0.3 is 15.4 Å². The van der Waals surface area contributed by atoms with Crippen LogP contribution in [0.4, 0.5) is 0 Å². The Hall–Kier alpha value is -0.430. The van der Waals surface area contributed by atoms with Crippen LogP contribution in [-0.4, -0.2) is 75.7 Å². The van der Waals surface area contributed by atoms with E-state index in [4.69, 9.17) is 9.73 Å². The number of rotatable bonds is 7. The summed E-state index contributed by atoms with van der Waals surface area (Å²) in [4.78, 5) is 7.19. The summed E-state index contributed by atoms with van der Waals surface area (Å²) in [5.74, 6) is 0.721. The molecule has 0 aliphatic carbocycles. The van der Waals surface area contributed by atoms with Crippen molar-refractivity contribution >= 4 is 51.1 Å². The second-order valence-electron chi connectivity index (χ2n) is 8.09. The SMILES string of the molecule is CCNC(=NCC1(S(C)(=O)=O)CCOCC1)NC1CCN(Cc2ccsc2)CC1.I. The number of nitrogens with zero attached hydrogens (tertiary/aromatic N) is 2. The van der Waals surface area contributed by atoms with Gasteiger partial charge in [0.1, 0.15) is 0 Å². The number of sulfone groups is 1. The number of hydrogen-bond donors (Lipinski definition) is 2. The van der Waals surface area contributed by atoms with Gasteiger partial charge in [0.25, 0.3) is 0 Å². The van der Waals surface area contributed by atoms with Crippen LogP contribution in [-0.2, 0) is 21.1 Å². The lowest BCUT2D eigenvalue weighted by molar-refractivity contribution is 0.0768. The molecule has 2 aliphatic heterocycles. The van der Waals surface area contributed by atoms with Crippen molar-refractivity contribution in [3.8, 4) is 0 Å². The zero-order valence-electron chi connectivity index (χ0n) is 17.9. The maximum absolute atomic E-state index is 12.5. The van der Waals surface area contributed by atoms with E-state index in [2.05, 4.69) is 32.4 Å². The maximum atomic E-state index is 12.5. The van der Waals surface area contributed by atoms with E-state index in [0.29, 0.717) is 32.1 Å². The van der Waals surface area contributed by atoms with E-state index >= 15 is 0 Å². The second-order valence-corrected chi connectivity index (χ2v) is 11.3. The van der Waals surface area contributed by atoms with Crippen LogP contribution in [0.25, 0.3) is 0 Å². The number of aliphatic imine (C=N–C) groups is 1. The molecule has 30 heavy (non-hydrogen) atoms. The summed E-state index contributed by atoms with van der Waals surface area (Å²) in [6.07, 6.45) is 4.46. The quantitative estimate of drug-likeness (QED) is 0.298. The third-order valence-electron chi connectivity index (χ3n) is 5.97. The summed E-state index contributed by atoms with van der Waals surface area (Å²) in [5, 5.41) is 11.2. The Morgan fingerprint density at radius 3 is 2.60 bits per heavy atom. The molecule has 2 N–H and O–H groups in total. The standard InChI is InChI=1S/C20H34N4O3S2.HI/c1-3-21-19(22-16-20(29(2,25)26)7-11-27-12-8-20)23-18-4-9-24(10-5-18)14-17-6-13-28-15-17;/h6,13,15,18H,3-5,7-12,14,16H2,1-2H3,(H2,21,22,23);1H. The average Bonchev–Trinajstić information content (AvgIpc) is 3.21. The third kappa shape index (κ3) is 7.04. The number of guanidine groups is 1. The molecule has 0 amide bonds.